The van der Waals surface area contributed by atoms with E-state index in [4.69, 9.17) is 10.5 Å². The van der Waals surface area contributed by atoms with Crippen LogP contribution < -0.4 is 10.5 Å². The van der Waals surface area contributed by atoms with Crippen LogP contribution in [-0.2, 0) is 7.05 Å². The minimum absolute atomic E-state index is 0.812. The number of aromatic nitrogens is 1. The fourth-order valence-electron chi connectivity index (χ4n) is 2.08. The van der Waals surface area contributed by atoms with Gasteiger partial charge in [0.25, 0.3) is 0 Å². The van der Waals surface area contributed by atoms with Gasteiger partial charge in [0, 0.05) is 23.8 Å². The van der Waals surface area contributed by atoms with E-state index >= 15 is 0 Å². The van der Waals surface area contributed by atoms with Gasteiger partial charge in [-0.05, 0) is 31.5 Å². The number of nitrogen functional groups attached to an aromatic ring is 1. The molecule has 0 aliphatic heterocycles. The largest absolute Gasteiger partial charge is 0.495 e. The molecule has 0 saturated carbocycles. The molecular formula is C12H16N2O. The Bertz CT molecular complexity index is 526. The quantitative estimate of drug-likeness (QED) is 0.724. The van der Waals surface area contributed by atoms with Crippen molar-refractivity contribution in [2.24, 2.45) is 7.05 Å². The highest BCUT2D eigenvalue weighted by Crippen LogP contribution is 2.35. The Hall–Kier alpha value is -1.64. The zero-order chi connectivity index (χ0) is 11.2. The summed E-state index contributed by atoms with van der Waals surface area (Å²) in [6.07, 6.45) is 0. The molecule has 3 heteroatoms. The van der Waals surface area contributed by atoms with Crippen LogP contribution in [0.3, 0.4) is 0 Å². The zero-order valence-electron chi connectivity index (χ0n) is 9.59. The van der Waals surface area contributed by atoms with Gasteiger partial charge in [0.2, 0.25) is 0 Å². The standard InChI is InChI=1S/C12H16N2O/c1-7-8(2)14(3)12-10(15-4)6-5-9(13)11(7)12/h5-6H,13H2,1-4H3. The Kier molecular flexibility index (Phi) is 2.11. The number of rotatable bonds is 1. The molecule has 2 rings (SSSR count). The second-order valence-electron chi connectivity index (χ2n) is 3.85. The van der Waals surface area contributed by atoms with Crippen molar-refractivity contribution in [3.05, 3.63) is 23.4 Å². The average Bonchev–Trinajstić information content (AvgIpc) is 2.46. The van der Waals surface area contributed by atoms with Crippen LogP contribution in [0.25, 0.3) is 10.9 Å². The molecule has 0 spiro atoms. The smallest absolute Gasteiger partial charge is 0.143 e. The van der Waals surface area contributed by atoms with Crippen molar-refractivity contribution in [1.29, 1.82) is 0 Å². The van der Waals surface area contributed by atoms with Gasteiger partial charge in [-0.2, -0.15) is 0 Å². The van der Waals surface area contributed by atoms with Crippen LogP contribution >= 0.6 is 0 Å². The molecule has 0 aliphatic rings. The lowest BCUT2D eigenvalue weighted by Crippen LogP contribution is -1.94. The van der Waals surface area contributed by atoms with Crippen molar-refractivity contribution >= 4 is 16.6 Å². The summed E-state index contributed by atoms with van der Waals surface area (Å²) in [5, 5.41) is 1.11. The number of benzene rings is 1. The first kappa shape index (κ1) is 9.90. The minimum Gasteiger partial charge on any atom is -0.495 e. The molecule has 0 radical (unpaired) electrons. The Morgan fingerprint density at radius 1 is 1.27 bits per heavy atom. The van der Waals surface area contributed by atoms with Crippen molar-refractivity contribution in [3.8, 4) is 5.75 Å². The van der Waals surface area contributed by atoms with Gasteiger partial charge in [0.1, 0.15) is 5.75 Å². The third-order valence-electron chi connectivity index (χ3n) is 3.15. The maximum atomic E-state index is 5.99. The Morgan fingerprint density at radius 3 is 2.53 bits per heavy atom. The highest BCUT2D eigenvalue weighted by molar-refractivity contribution is 5.98. The number of ether oxygens (including phenoxy) is 1. The van der Waals surface area contributed by atoms with Gasteiger partial charge < -0.3 is 15.0 Å². The molecule has 0 aliphatic carbocycles. The first-order valence-electron chi connectivity index (χ1n) is 4.96. The zero-order valence-corrected chi connectivity index (χ0v) is 9.59. The highest BCUT2D eigenvalue weighted by atomic mass is 16.5. The first-order valence-corrected chi connectivity index (χ1v) is 4.96. The lowest BCUT2D eigenvalue weighted by atomic mass is 10.1. The van der Waals surface area contributed by atoms with Gasteiger partial charge in [-0.3, -0.25) is 0 Å². The Balaban J connectivity index is 3.01. The summed E-state index contributed by atoms with van der Waals surface area (Å²) in [5.74, 6) is 0.873. The van der Waals surface area contributed by atoms with Gasteiger partial charge in [-0.15, -0.1) is 0 Å². The van der Waals surface area contributed by atoms with Crippen LogP contribution in [0.2, 0.25) is 0 Å². The molecule has 1 heterocycles. The van der Waals surface area contributed by atoms with Crippen LogP contribution in [0.15, 0.2) is 12.1 Å². The minimum atomic E-state index is 0.812. The lowest BCUT2D eigenvalue weighted by Gasteiger charge is -2.06. The van der Waals surface area contributed by atoms with Gasteiger partial charge in [-0.25, -0.2) is 0 Å². The van der Waals surface area contributed by atoms with Gasteiger partial charge >= 0.3 is 0 Å². The molecule has 0 fully saturated rings. The summed E-state index contributed by atoms with van der Waals surface area (Å²) in [6.45, 7) is 4.18. The van der Waals surface area contributed by atoms with Crippen LogP contribution in [0, 0.1) is 13.8 Å². The number of hydrogen-bond acceptors (Lipinski definition) is 2. The second-order valence-corrected chi connectivity index (χ2v) is 3.85. The summed E-state index contributed by atoms with van der Waals surface area (Å²) < 4.78 is 7.48. The number of fused-ring (bicyclic) bond motifs is 1. The fourth-order valence-corrected chi connectivity index (χ4v) is 2.08. The lowest BCUT2D eigenvalue weighted by molar-refractivity contribution is 0.418. The predicted molar refractivity (Wildman–Crippen MR) is 63.4 cm³/mol. The normalized spacial score (nSPS) is 10.9. The maximum Gasteiger partial charge on any atom is 0.143 e. The van der Waals surface area contributed by atoms with Crippen molar-refractivity contribution < 1.29 is 4.74 Å². The van der Waals surface area contributed by atoms with E-state index in [1.54, 1.807) is 7.11 Å². The summed E-state index contributed by atoms with van der Waals surface area (Å²) in [5.41, 5.74) is 10.3. The van der Waals surface area contributed by atoms with Crippen LogP contribution in [0.4, 0.5) is 5.69 Å². The van der Waals surface area contributed by atoms with E-state index in [1.165, 1.54) is 11.3 Å². The van der Waals surface area contributed by atoms with Gasteiger partial charge in [0.15, 0.2) is 0 Å². The molecule has 0 bridgehead atoms. The number of hydrogen-bond donors (Lipinski definition) is 1. The summed E-state index contributed by atoms with van der Waals surface area (Å²) in [7, 11) is 3.72. The number of nitrogens with zero attached hydrogens (tertiary/aromatic N) is 1. The summed E-state index contributed by atoms with van der Waals surface area (Å²) >= 11 is 0. The molecule has 1 aromatic carbocycles. The first-order chi connectivity index (χ1) is 7.07. The molecule has 2 aromatic rings. The molecule has 3 nitrogen and oxygen atoms in total. The van der Waals surface area contributed by atoms with Gasteiger partial charge in [0.05, 0.1) is 12.6 Å². The van der Waals surface area contributed by atoms with E-state index in [0.29, 0.717) is 0 Å². The molecule has 1 aromatic heterocycles. The number of aryl methyl sites for hydroxylation is 2. The van der Waals surface area contributed by atoms with Crippen LogP contribution in [0.1, 0.15) is 11.3 Å². The summed E-state index contributed by atoms with van der Waals surface area (Å²) in [6, 6.07) is 3.81. The van der Waals surface area contributed by atoms with Crippen molar-refractivity contribution in [2.45, 2.75) is 13.8 Å². The molecule has 80 valence electrons. The van der Waals surface area contributed by atoms with E-state index in [1.807, 2.05) is 19.2 Å². The Labute approximate surface area is 89.4 Å². The van der Waals surface area contributed by atoms with E-state index in [2.05, 4.69) is 18.4 Å². The molecule has 0 saturated heterocycles. The van der Waals surface area contributed by atoms with E-state index in [9.17, 15) is 0 Å². The molecular weight excluding hydrogens is 188 g/mol. The maximum absolute atomic E-state index is 5.99. The molecule has 2 N–H and O–H groups in total. The molecule has 0 unspecified atom stereocenters. The fraction of sp³-hybridized carbons (Fsp3) is 0.333. The van der Waals surface area contributed by atoms with Crippen molar-refractivity contribution in [1.82, 2.24) is 4.57 Å². The van der Waals surface area contributed by atoms with E-state index in [-0.39, 0.29) is 0 Å². The molecule has 0 atom stereocenters. The number of anilines is 1. The molecule has 0 amide bonds. The van der Waals surface area contributed by atoms with Crippen LogP contribution in [0.5, 0.6) is 5.75 Å². The van der Waals surface area contributed by atoms with E-state index < -0.39 is 0 Å². The highest BCUT2D eigenvalue weighted by Gasteiger charge is 2.14. The van der Waals surface area contributed by atoms with E-state index in [0.717, 1.165) is 22.3 Å². The van der Waals surface area contributed by atoms with Crippen LogP contribution in [-0.4, -0.2) is 11.7 Å². The third-order valence-corrected chi connectivity index (χ3v) is 3.15. The van der Waals surface area contributed by atoms with Crippen molar-refractivity contribution in [3.63, 3.8) is 0 Å². The second kappa shape index (κ2) is 3.19. The van der Waals surface area contributed by atoms with Crippen molar-refractivity contribution in [2.75, 3.05) is 12.8 Å². The topological polar surface area (TPSA) is 40.2 Å². The SMILES string of the molecule is COc1ccc(N)c2c(C)c(C)n(C)c12. The average molecular weight is 204 g/mol. The number of methoxy groups -OCH3 is 1. The van der Waals surface area contributed by atoms with Gasteiger partial charge in [-0.1, -0.05) is 0 Å². The summed E-state index contributed by atoms with van der Waals surface area (Å²) in [4.78, 5) is 0. The third kappa shape index (κ3) is 1.19. The number of nitrogens with two attached hydrogens (primary N) is 1. The monoisotopic (exact) mass is 204 g/mol. The predicted octanol–water partition coefficient (Wildman–Crippen LogP) is 2.39. The molecule has 15 heavy (non-hydrogen) atoms. The Morgan fingerprint density at radius 2 is 1.93 bits per heavy atom.